The number of nitrogens with zero attached hydrogens (tertiary/aromatic N) is 3. The topological polar surface area (TPSA) is 41.1 Å². The first-order valence-corrected chi connectivity index (χ1v) is 7.66. The molecule has 3 rings (SSSR count). The van der Waals surface area contributed by atoms with Gasteiger partial charge in [0.25, 0.3) is 0 Å². The summed E-state index contributed by atoms with van der Waals surface area (Å²) in [6.07, 6.45) is 5.83. The Hall–Kier alpha value is -1.34. The van der Waals surface area contributed by atoms with Crippen molar-refractivity contribution in [1.82, 2.24) is 9.38 Å². The van der Waals surface area contributed by atoms with Crippen LogP contribution in [0.15, 0.2) is 6.20 Å². The molecule has 1 unspecified atom stereocenters. The number of nitriles is 1. The Kier molecular flexibility index (Phi) is 2.90. The van der Waals surface area contributed by atoms with Gasteiger partial charge in [0.05, 0.1) is 24.4 Å². The molecular formula is C15H19N3S. The van der Waals surface area contributed by atoms with Gasteiger partial charge in [-0.3, -0.25) is 4.40 Å². The molecule has 4 heteroatoms. The standard InChI is InChI=1S/C15H19N3S/c1-15(2,3)10-4-5-12-13(8-10)19-14-17-9-11(6-7-16)18(12)14/h9-10H,4-6,8H2,1-3H3. The van der Waals surface area contributed by atoms with Crippen LogP contribution in [0.1, 0.15) is 43.5 Å². The Bertz CT molecular complexity index is 651. The van der Waals surface area contributed by atoms with Crippen LogP contribution in [-0.4, -0.2) is 9.38 Å². The van der Waals surface area contributed by atoms with Gasteiger partial charge in [-0.15, -0.1) is 11.3 Å². The number of hydrogen-bond donors (Lipinski definition) is 0. The van der Waals surface area contributed by atoms with Gasteiger partial charge in [0.2, 0.25) is 0 Å². The third kappa shape index (κ3) is 2.06. The van der Waals surface area contributed by atoms with E-state index in [1.54, 1.807) is 0 Å². The highest BCUT2D eigenvalue weighted by Crippen LogP contribution is 2.40. The fraction of sp³-hybridized carbons (Fsp3) is 0.600. The van der Waals surface area contributed by atoms with Gasteiger partial charge in [-0.1, -0.05) is 20.8 Å². The Morgan fingerprint density at radius 1 is 1.53 bits per heavy atom. The van der Waals surface area contributed by atoms with Crippen molar-refractivity contribution in [1.29, 1.82) is 5.26 Å². The molecule has 19 heavy (non-hydrogen) atoms. The summed E-state index contributed by atoms with van der Waals surface area (Å²) >= 11 is 1.81. The lowest BCUT2D eigenvalue weighted by Crippen LogP contribution is -2.26. The zero-order chi connectivity index (χ0) is 13.6. The monoisotopic (exact) mass is 273 g/mol. The smallest absolute Gasteiger partial charge is 0.194 e. The third-order valence-corrected chi connectivity index (χ3v) is 5.37. The predicted molar refractivity (Wildman–Crippen MR) is 77.4 cm³/mol. The SMILES string of the molecule is CC(C)(C)C1CCc2c(sc3ncc(CC#N)n23)C1. The summed E-state index contributed by atoms with van der Waals surface area (Å²) in [6.45, 7) is 7.01. The average Bonchev–Trinajstić information content (AvgIpc) is 2.87. The molecule has 0 bridgehead atoms. The van der Waals surface area contributed by atoms with E-state index in [0.29, 0.717) is 11.8 Å². The molecule has 0 fully saturated rings. The number of aromatic nitrogens is 2. The van der Waals surface area contributed by atoms with Crippen molar-refractivity contribution >= 4 is 16.3 Å². The molecule has 0 aromatic carbocycles. The Morgan fingerprint density at radius 3 is 3.00 bits per heavy atom. The largest absolute Gasteiger partial charge is 0.290 e. The molecule has 0 N–H and O–H groups in total. The first-order valence-electron chi connectivity index (χ1n) is 6.84. The molecule has 1 atom stereocenters. The van der Waals surface area contributed by atoms with Gasteiger partial charge in [-0.25, -0.2) is 4.98 Å². The van der Waals surface area contributed by atoms with Crippen molar-refractivity contribution in [2.75, 3.05) is 0 Å². The van der Waals surface area contributed by atoms with Crippen LogP contribution in [-0.2, 0) is 19.3 Å². The van der Waals surface area contributed by atoms with Crippen LogP contribution >= 0.6 is 11.3 Å². The van der Waals surface area contributed by atoms with E-state index in [1.165, 1.54) is 23.4 Å². The van der Waals surface area contributed by atoms with E-state index in [1.807, 2.05) is 17.5 Å². The number of hydrogen-bond acceptors (Lipinski definition) is 3. The molecule has 0 aliphatic heterocycles. The van der Waals surface area contributed by atoms with Crippen LogP contribution in [0, 0.1) is 22.7 Å². The quantitative estimate of drug-likeness (QED) is 0.796. The number of aryl methyl sites for hydroxylation is 1. The molecule has 2 aromatic rings. The Morgan fingerprint density at radius 2 is 2.32 bits per heavy atom. The minimum Gasteiger partial charge on any atom is -0.290 e. The molecule has 0 saturated heterocycles. The van der Waals surface area contributed by atoms with E-state index in [9.17, 15) is 0 Å². The minimum absolute atomic E-state index is 0.374. The maximum absolute atomic E-state index is 8.90. The molecule has 2 aromatic heterocycles. The zero-order valence-corrected chi connectivity index (χ0v) is 12.5. The van der Waals surface area contributed by atoms with E-state index in [4.69, 9.17) is 5.26 Å². The fourth-order valence-corrected chi connectivity index (χ4v) is 4.26. The molecular weight excluding hydrogens is 254 g/mol. The molecule has 1 aliphatic rings. The van der Waals surface area contributed by atoms with Gasteiger partial charge in [0.1, 0.15) is 0 Å². The Labute approximate surface area is 117 Å². The van der Waals surface area contributed by atoms with Gasteiger partial charge < -0.3 is 0 Å². The van der Waals surface area contributed by atoms with E-state index in [2.05, 4.69) is 36.2 Å². The maximum atomic E-state index is 8.90. The van der Waals surface area contributed by atoms with Crippen molar-refractivity contribution in [2.45, 2.75) is 46.5 Å². The molecule has 0 amide bonds. The summed E-state index contributed by atoms with van der Waals surface area (Å²) in [5.41, 5.74) is 2.83. The lowest BCUT2D eigenvalue weighted by molar-refractivity contribution is 0.216. The summed E-state index contributed by atoms with van der Waals surface area (Å²) in [5, 5.41) is 8.90. The molecule has 0 radical (unpaired) electrons. The first kappa shape index (κ1) is 12.7. The van der Waals surface area contributed by atoms with E-state index in [-0.39, 0.29) is 0 Å². The van der Waals surface area contributed by atoms with Crippen LogP contribution in [0.4, 0.5) is 0 Å². The van der Waals surface area contributed by atoms with Crippen molar-refractivity contribution in [2.24, 2.45) is 11.3 Å². The van der Waals surface area contributed by atoms with Gasteiger partial charge in [-0.2, -0.15) is 5.26 Å². The van der Waals surface area contributed by atoms with Gasteiger partial charge in [-0.05, 0) is 30.6 Å². The first-order chi connectivity index (χ1) is 9.00. The van der Waals surface area contributed by atoms with Crippen LogP contribution in [0.25, 0.3) is 4.96 Å². The lowest BCUT2D eigenvalue weighted by Gasteiger charge is -2.33. The van der Waals surface area contributed by atoms with Gasteiger partial charge >= 0.3 is 0 Å². The maximum Gasteiger partial charge on any atom is 0.194 e. The molecule has 1 aliphatic carbocycles. The van der Waals surface area contributed by atoms with Gasteiger partial charge in [0, 0.05) is 10.6 Å². The normalized spacial score (nSPS) is 19.4. The van der Waals surface area contributed by atoms with Crippen LogP contribution in [0.2, 0.25) is 0 Å². The van der Waals surface area contributed by atoms with E-state index >= 15 is 0 Å². The van der Waals surface area contributed by atoms with Crippen molar-refractivity contribution in [3.63, 3.8) is 0 Å². The third-order valence-electron chi connectivity index (χ3n) is 4.26. The van der Waals surface area contributed by atoms with Crippen LogP contribution < -0.4 is 0 Å². The van der Waals surface area contributed by atoms with Crippen molar-refractivity contribution in [3.8, 4) is 6.07 Å². The highest BCUT2D eigenvalue weighted by molar-refractivity contribution is 7.17. The second-order valence-corrected chi connectivity index (χ2v) is 7.54. The van der Waals surface area contributed by atoms with Crippen molar-refractivity contribution < 1.29 is 0 Å². The number of thiazole rings is 1. The molecule has 2 heterocycles. The summed E-state index contributed by atoms with van der Waals surface area (Å²) in [4.78, 5) is 7.00. The molecule has 3 nitrogen and oxygen atoms in total. The zero-order valence-electron chi connectivity index (χ0n) is 11.7. The number of imidazole rings is 1. The average molecular weight is 273 g/mol. The lowest BCUT2D eigenvalue weighted by atomic mass is 9.73. The molecule has 100 valence electrons. The summed E-state index contributed by atoms with van der Waals surface area (Å²) in [7, 11) is 0. The van der Waals surface area contributed by atoms with E-state index < -0.39 is 0 Å². The van der Waals surface area contributed by atoms with E-state index in [0.717, 1.165) is 23.0 Å². The van der Waals surface area contributed by atoms with Gasteiger partial charge in [0.15, 0.2) is 4.96 Å². The number of fused-ring (bicyclic) bond motifs is 3. The second kappa shape index (κ2) is 4.35. The molecule has 0 saturated carbocycles. The van der Waals surface area contributed by atoms with Crippen LogP contribution in [0.5, 0.6) is 0 Å². The minimum atomic E-state index is 0.374. The summed E-state index contributed by atoms with van der Waals surface area (Å²) in [5.74, 6) is 0.753. The highest BCUT2D eigenvalue weighted by atomic mass is 32.1. The Balaban J connectivity index is 2.02. The summed E-state index contributed by atoms with van der Waals surface area (Å²) < 4.78 is 2.22. The second-order valence-electron chi connectivity index (χ2n) is 6.48. The van der Waals surface area contributed by atoms with Crippen molar-refractivity contribution in [3.05, 3.63) is 22.5 Å². The predicted octanol–water partition coefficient (Wildman–Crippen LogP) is 3.61. The summed E-state index contributed by atoms with van der Waals surface area (Å²) in [6, 6.07) is 2.24. The number of rotatable bonds is 1. The molecule has 0 spiro atoms. The highest BCUT2D eigenvalue weighted by Gasteiger charge is 2.31. The van der Waals surface area contributed by atoms with Crippen LogP contribution in [0.3, 0.4) is 0 Å². The fourth-order valence-electron chi connectivity index (χ4n) is 3.02.